The van der Waals surface area contributed by atoms with E-state index in [4.69, 9.17) is 33.1 Å². The van der Waals surface area contributed by atoms with E-state index in [-0.39, 0.29) is 0 Å². The minimum atomic E-state index is 0.467. The van der Waals surface area contributed by atoms with Crippen molar-refractivity contribution in [2.75, 3.05) is 5.32 Å². The Labute approximate surface area is 176 Å². The fraction of sp³-hybridized carbons (Fsp3) is 0.0500. The molecule has 7 nitrogen and oxygen atoms in total. The lowest BCUT2D eigenvalue weighted by Gasteiger charge is -2.07. The summed E-state index contributed by atoms with van der Waals surface area (Å²) in [6, 6.07) is 14.3. The van der Waals surface area contributed by atoms with Crippen LogP contribution in [-0.2, 0) is 7.05 Å². The topological polar surface area (TPSA) is 84.6 Å². The fourth-order valence-corrected chi connectivity index (χ4v) is 3.11. The number of benzene rings is 2. The SMILES string of the molecule is Cn1c(Nc2ccc(Cl)c(Cl)c2)nc2cc(Oc3ccnc(/C=N\O)c3)ccc21. The Morgan fingerprint density at radius 2 is 1.90 bits per heavy atom. The Balaban J connectivity index is 1.61. The molecular formula is C20H15Cl2N5O2. The lowest BCUT2D eigenvalue weighted by molar-refractivity contribution is 0.321. The zero-order valence-electron chi connectivity index (χ0n) is 15.2. The molecule has 146 valence electrons. The maximum Gasteiger partial charge on any atom is 0.208 e. The van der Waals surface area contributed by atoms with Crippen molar-refractivity contribution in [2.24, 2.45) is 12.2 Å². The number of anilines is 2. The zero-order chi connectivity index (χ0) is 20.4. The van der Waals surface area contributed by atoms with Crippen LogP contribution in [0.3, 0.4) is 0 Å². The second-order valence-electron chi connectivity index (χ2n) is 6.16. The molecule has 4 rings (SSSR count). The normalized spacial score (nSPS) is 11.3. The maximum atomic E-state index is 8.64. The van der Waals surface area contributed by atoms with Gasteiger partial charge in [0.15, 0.2) is 0 Å². The summed E-state index contributed by atoms with van der Waals surface area (Å²) in [5.41, 5.74) is 2.96. The molecule has 0 saturated heterocycles. The van der Waals surface area contributed by atoms with E-state index < -0.39 is 0 Å². The molecule has 2 aromatic heterocycles. The second-order valence-corrected chi connectivity index (χ2v) is 6.98. The summed E-state index contributed by atoms with van der Waals surface area (Å²) in [5, 5.41) is 15.8. The highest BCUT2D eigenvalue weighted by atomic mass is 35.5. The monoisotopic (exact) mass is 427 g/mol. The summed E-state index contributed by atoms with van der Waals surface area (Å²) in [5.74, 6) is 1.84. The van der Waals surface area contributed by atoms with Crippen molar-refractivity contribution in [3.63, 3.8) is 0 Å². The van der Waals surface area contributed by atoms with Gasteiger partial charge in [-0.2, -0.15) is 0 Å². The van der Waals surface area contributed by atoms with Crippen LogP contribution in [0.4, 0.5) is 11.6 Å². The molecule has 29 heavy (non-hydrogen) atoms. The van der Waals surface area contributed by atoms with Gasteiger partial charge in [-0.1, -0.05) is 28.4 Å². The van der Waals surface area contributed by atoms with E-state index >= 15 is 0 Å². The van der Waals surface area contributed by atoms with Gasteiger partial charge < -0.3 is 19.8 Å². The largest absolute Gasteiger partial charge is 0.457 e. The number of pyridine rings is 1. The van der Waals surface area contributed by atoms with E-state index in [2.05, 4.69) is 20.4 Å². The Bertz CT molecular complexity index is 1220. The summed E-state index contributed by atoms with van der Waals surface area (Å²) >= 11 is 12.1. The van der Waals surface area contributed by atoms with Crippen LogP contribution in [-0.4, -0.2) is 26.0 Å². The Morgan fingerprint density at radius 3 is 2.69 bits per heavy atom. The molecule has 4 aromatic rings. The predicted octanol–water partition coefficient (Wildman–Crippen LogP) is 5.62. The molecule has 2 heterocycles. The molecule has 0 aliphatic carbocycles. The molecule has 0 radical (unpaired) electrons. The smallest absolute Gasteiger partial charge is 0.208 e. The number of ether oxygens (including phenoxy) is 1. The van der Waals surface area contributed by atoms with Gasteiger partial charge in [-0.3, -0.25) is 4.98 Å². The zero-order valence-corrected chi connectivity index (χ0v) is 16.7. The number of imidazole rings is 1. The number of aryl methyl sites for hydroxylation is 1. The third kappa shape index (κ3) is 4.11. The quantitative estimate of drug-likeness (QED) is 0.245. The van der Waals surface area contributed by atoms with Gasteiger partial charge in [-0.05, 0) is 36.4 Å². The number of rotatable bonds is 5. The number of hydrogen-bond acceptors (Lipinski definition) is 6. The molecule has 0 saturated carbocycles. The molecular weight excluding hydrogens is 413 g/mol. The molecule has 0 bridgehead atoms. The van der Waals surface area contributed by atoms with Gasteiger partial charge >= 0.3 is 0 Å². The third-order valence-corrected chi connectivity index (χ3v) is 4.95. The van der Waals surface area contributed by atoms with Crippen molar-refractivity contribution in [3.05, 3.63) is 70.5 Å². The van der Waals surface area contributed by atoms with E-state index in [0.717, 1.165) is 16.7 Å². The fourth-order valence-electron chi connectivity index (χ4n) is 2.82. The number of oxime groups is 1. The Hall–Kier alpha value is -3.29. The molecule has 0 unspecified atom stereocenters. The molecule has 0 atom stereocenters. The van der Waals surface area contributed by atoms with Gasteiger partial charge in [-0.25, -0.2) is 4.98 Å². The van der Waals surface area contributed by atoms with Crippen LogP contribution in [0.5, 0.6) is 11.5 Å². The third-order valence-electron chi connectivity index (χ3n) is 4.21. The summed E-state index contributed by atoms with van der Waals surface area (Å²) in [6.07, 6.45) is 2.81. The van der Waals surface area contributed by atoms with Gasteiger partial charge in [0.05, 0.1) is 33.0 Å². The van der Waals surface area contributed by atoms with Crippen LogP contribution >= 0.6 is 23.2 Å². The summed E-state index contributed by atoms with van der Waals surface area (Å²) < 4.78 is 7.82. The predicted molar refractivity (Wildman–Crippen MR) is 114 cm³/mol. The van der Waals surface area contributed by atoms with E-state index in [1.165, 1.54) is 6.21 Å². The number of aromatic nitrogens is 3. The van der Waals surface area contributed by atoms with E-state index in [9.17, 15) is 0 Å². The van der Waals surface area contributed by atoms with Crippen LogP contribution in [0.1, 0.15) is 5.69 Å². The maximum absolute atomic E-state index is 8.64. The van der Waals surface area contributed by atoms with Crippen molar-refractivity contribution >= 4 is 52.1 Å². The molecule has 0 aliphatic rings. The minimum absolute atomic E-state index is 0.467. The Morgan fingerprint density at radius 1 is 1.07 bits per heavy atom. The van der Waals surface area contributed by atoms with Crippen molar-refractivity contribution in [1.29, 1.82) is 0 Å². The number of hydrogen-bond donors (Lipinski definition) is 2. The lowest BCUT2D eigenvalue weighted by atomic mass is 10.3. The van der Waals surface area contributed by atoms with Crippen LogP contribution in [0.25, 0.3) is 11.0 Å². The number of nitrogens with zero attached hydrogens (tertiary/aromatic N) is 4. The molecule has 2 aromatic carbocycles. The average molecular weight is 428 g/mol. The van der Waals surface area contributed by atoms with Gasteiger partial charge in [0.1, 0.15) is 11.5 Å². The van der Waals surface area contributed by atoms with E-state index in [1.807, 2.05) is 35.9 Å². The molecule has 0 aliphatic heterocycles. The second kappa shape index (κ2) is 7.98. The van der Waals surface area contributed by atoms with Gasteiger partial charge in [0, 0.05) is 31.1 Å². The summed E-state index contributed by atoms with van der Waals surface area (Å²) in [6.45, 7) is 0. The van der Waals surface area contributed by atoms with Crippen molar-refractivity contribution in [2.45, 2.75) is 0 Å². The number of nitrogens with one attached hydrogen (secondary N) is 1. The highest BCUT2D eigenvalue weighted by Crippen LogP contribution is 2.30. The van der Waals surface area contributed by atoms with E-state index in [1.54, 1.807) is 30.5 Å². The van der Waals surface area contributed by atoms with Crippen LogP contribution in [0, 0.1) is 0 Å². The van der Waals surface area contributed by atoms with E-state index in [0.29, 0.717) is 33.2 Å². The number of halogens is 2. The highest BCUT2D eigenvalue weighted by molar-refractivity contribution is 6.42. The summed E-state index contributed by atoms with van der Waals surface area (Å²) in [4.78, 5) is 8.69. The molecule has 0 amide bonds. The van der Waals surface area contributed by atoms with Crippen molar-refractivity contribution < 1.29 is 9.94 Å². The van der Waals surface area contributed by atoms with Crippen LogP contribution < -0.4 is 10.1 Å². The highest BCUT2D eigenvalue weighted by Gasteiger charge is 2.10. The van der Waals surface area contributed by atoms with Crippen LogP contribution in [0.2, 0.25) is 10.0 Å². The van der Waals surface area contributed by atoms with Crippen molar-refractivity contribution in [3.8, 4) is 11.5 Å². The lowest BCUT2D eigenvalue weighted by Crippen LogP contribution is -1.98. The first kappa shape index (κ1) is 19.0. The molecule has 9 heteroatoms. The molecule has 2 N–H and O–H groups in total. The van der Waals surface area contributed by atoms with Gasteiger partial charge in [0.2, 0.25) is 5.95 Å². The average Bonchev–Trinajstić information content (AvgIpc) is 3.00. The van der Waals surface area contributed by atoms with Crippen LogP contribution in [0.15, 0.2) is 59.9 Å². The first-order chi connectivity index (χ1) is 14.0. The molecule has 0 fully saturated rings. The summed E-state index contributed by atoms with van der Waals surface area (Å²) in [7, 11) is 1.92. The minimum Gasteiger partial charge on any atom is -0.457 e. The van der Waals surface area contributed by atoms with Gasteiger partial charge in [0.25, 0.3) is 0 Å². The first-order valence-corrected chi connectivity index (χ1v) is 9.29. The Kier molecular flexibility index (Phi) is 5.24. The first-order valence-electron chi connectivity index (χ1n) is 8.53. The van der Waals surface area contributed by atoms with Crippen molar-refractivity contribution in [1.82, 2.24) is 14.5 Å². The molecule has 0 spiro atoms. The standard InChI is InChI=1S/C20H15Cl2N5O2/c1-27-19-5-3-14(29-15-6-7-23-13(8-15)11-24-28)10-18(19)26-20(27)25-12-2-4-16(21)17(22)9-12/h2-11,28H,1H3,(H,25,26)/b24-11-. The van der Waals surface area contributed by atoms with Gasteiger partial charge in [-0.15, -0.1) is 0 Å². The number of fused-ring (bicyclic) bond motifs is 1.